The van der Waals surface area contributed by atoms with Gasteiger partial charge in [-0.2, -0.15) is 0 Å². The lowest BCUT2D eigenvalue weighted by Gasteiger charge is -2.70. The zero-order valence-electron chi connectivity index (χ0n) is 20.8. The van der Waals surface area contributed by atoms with Crippen molar-refractivity contribution in [2.75, 3.05) is 6.61 Å². The Morgan fingerprint density at radius 1 is 1.06 bits per heavy atom. The molecule has 3 fully saturated rings. The lowest BCUT2D eigenvalue weighted by atomic mass is 9.36. The molecule has 0 aromatic rings. The second-order valence-electron chi connectivity index (χ2n) is 10.9. The highest BCUT2D eigenvalue weighted by Gasteiger charge is 2.82. The van der Waals surface area contributed by atoms with Crippen LogP contribution in [0.15, 0.2) is 11.8 Å². The van der Waals surface area contributed by atoms with E-state index in [0.717, 1.165) is 25.7 Å². The topological polar surface area (TPSA) is 105 Å². The Hall–Kier alpha value is -2.38. The lowest BCUT2D eigenvalue weighted by molar-refractivity contribution is -0.315. The Bertz CT molecular complexity index is 906. The maximum absolute atomic E-state index is 13.2. The van der Waals surface area contributed by atoms with E-state index >= 15 is 0 Å². The molecule has 4 aliphatic rings. The molecule has 0 N–H and O–H groups in total. The van der Waals surface area contributed by atoms with Crippen molar-refractivity contribution in [1.82, 2.24) is 0 Å². The predicted octanol–water partition coefficient (Wildman–Crippen LogP) is 3.71. The van der Waals surface area contributed by atoms with Gasteiger partial charge in [-0.3, -0.25) is 19.2 Å². The van der Waals surface area contributed by atoms with Crippen LogP contribution in [-0.2, 0) is 38.1 Å². The molecule has 34 heavy (non-hydrogen) atoms. The first kappa shape index (κ1) is 24.7. The third-order valence-electron chi connectivity index (χ3n) is 8.55. The number of allylic oxidation sites excluding steroid dienone is 1. The van der Waals surface area contributed by atoms with Gasteiger partial charge in [0.15, 0.2) is 5.78 Å². The second-order valence-corrected chi connectivity index (χ2v) is 10.9. The van der Waals surface area contributed by atoms with Crippen molar-refractivity contribution in [3.63, 3.8) is 0 Å². The molecule has 0 radical (unpaired) electrons. The van der Waals surface area contributed by atoms with Crippen LogP contribution in [0.25, 0.3) is 0 Å². The summed E-state index contributed by atoms with van der Waals surface area (Å²) in [6, 6.07) is 0. The van der Waals surface area contributed by atoms with Crippen LogP contribution in [0.2, 0.25) is 0 Å². The molecule has 3 aliphatic carbocycles. The summed E-state index contributed by atoms with van der Waals surface area (Å²) in [6.07, 6.45) is 4.45. The number of fused-ring (bicyclic) bond motifs is 1. The van der Waals surface area contributed by atoms with Gasteiger partial charge < -0.3 is 18.9 Å². The fraction of sp³-hybridized carbons (Fsp3) is 0.769. The molecule has 0 spiro atoms. The lowest BCUT2D eigenvalue weighted by Crippen LogP contribution is -2.74. The van der Waals surface area contributed by atoms with Gasteiger partial charge in [0.25, 0.3) is 0 Å². The summed E-state index contributed by atoms with van der Waals surface area (Å²) in [4.78, 5) is 49.0. The molecule has 188 valence electrons. The van der Waals surface area contributed by atoms with Gasteiger partial charge in [-0.05, 0) is 37.5 Å². The van der Waals surface area contributed by atoms with Crippen molar-refractivity contribution in [3.8, 4) is 0 Å². The van der Waals surface area contributed by atoms with Gasteiger partial charge in [-0.1, -0.05) is 20.3 Å². The van der Waals surface area contributed by atoms with Crippen molar-refractivity contribution in [2.24, 2.45) is 34.5 Å². The monoisotopic (exact) mass is 476 g/mol. The maximum atomic E-state index is 13.2. The summed E-state index contributed by atoms with van der Waals surface area (Å²) >= 11 is 0. The molecular formula is C26H36O8. The van der Waals surface area contributed by atoms with E-state index in [0.29, 0.717) is 24.3 Å². The van der Waals surface area contributed by atoms with Crippen LogP contribution in [-0.4, -0.2) is 42.7 Å². The number of Topliss-reactive ketones (excluding diaryl/α,β-unsaturated/α-hetero) is 1. The molecule has 0 saturated heterocycles. The van der Waals surface area contributed by atoms with Crippen LogP contribution in [0.1, 0.15) is 73.1 Å². The van der Waals surface area contributed by atoms with E-state index in [-0.39, 0.29) is 36.1 Å². The molecule has 2 bridgehead atoms. The van der Waals surface area contributed by atoms with Crippen molar-refractivity contribution < 1.29 is 38.1 Å². The summed E-state index contributed by atoms with van der Waals surface area (Å²) in [5.74, 6) is -1.19. The van der Waals surface area contributed by atoms with Gasteiger partial charge in [0, 0.05) is 55.4 Å². The predicted molar refractivity (Wildman–Crippen MR) is 120 cm³/mol. The van der Waals surface area contributed by atoms with Gasteiger partial charge in [0.05, 0.1) is 6.26 Å². The molecule has 7 atom stereocenters. The Balaban J connectivity index is 1.73. The second kappa shape index (κ2) is 9.00. The first-order valence-corrected chi connectivity index (χ1v) is 12.4. The molecule has 0 aromatic carbocycles. The van der Waals surface area contributed by atoms with Gasteiger partial charge in [0.2, 0.25) is 6.29 Å². The summed E-state index contributed by atoms with van der Waals surface area (Å²) < 4.78 is 23.0. The Morgan fingerprint density at radius 2 is 1.76 bits per heavy atom. The van der Waals surface area contributed by atoms with E-state index in [4.69, 9.17) is 18.9 Å². The molecule has 1 heterocycles. The first-order valence-electron chi connectivity index (χ1n) is 12.4. The molecule has 0 amide bonds. The minimum atomic E-state index is -0.850. The van der Waals surface area contributed by atoms with Gasteiger partial charge in [-0.25, -0.2) is 0 Å². The highest BCUT2D eigenvalue weighted by Crippen LogP contribution is 2.79. The Morgan fingerprint density at radius 3 is 2.38 bits per heavy atom. The number of hydrogen-bond donors (Lipinski definition) is 0. The quantitative estimate of drug-likeness (QED) is 0.386. The van der Waals surface area contributed by atoms with Crippen LogP contribution in [0.3, 0.4) is 0 Å². The van der Waals surface area contributed by atoms with Crippen molar-refractivity contribution >= 4 is 23.7 Å². The number of carbonyl (C=O) groups is 4. The molecule has 8 nitrogen and oxygen atoms in total. The molecule has 3 saturated carbocycles. The summed E-state index contributed by atoms with van der Waals surface area (Å²) in [6.45, 7) is 8.43. The zero-order chi connectivity index (χ0) is 24.8. The van der Waals surface area contributed by atoms with E-state index in [1.807, 2.05) is 0 Å². The third kappa shape index (κ3) is 3.83. The highest BCUT2D eigenvalue weighted by molar-refractivity contribution is 5.96. The average molecular weight is 477 g/mol. The van der Waals surface area contributed by atoms with Crippen LogP contribution in [0, 0.1) is 34.5 Å². The van der Waals surface area contributed by atoms with Crippen molar-refractivity contribution in [2.45, 2.75) is 85.5 Å². The van der Waals surface area contributed by atoms with Crippen molar-refractivity contribution in [3.05, 3.63) is 11.8 Å². The van der Waals surface area contributed by atoms with Crippen LogP contribution in [0.5, 0.6) is 0 Å². The minimum absolute atomic E-state index is 0.0512. The third-order valence-corrected chi connectivity index (χ3v) is 8.55. The fourth-order valence-corrected chi connectivity index (χ4v) is 7.53. The molecule has 1 aliphatic heterocycles. The van der Waals surface area contributed by atoms with E-state index in [2.05, 4.69) is 13.8 Å². The number of ether oxygens (including phenoxy) is 4. The van der Waals surface area contributed by atoms with Crippen LogP contribution in [0.4, 0.5) is 0 Å². The van der Waals surface area contributed by atoms with Gasteiger partial charge in [0.1, 0.15) is 12.7 Å². The smallest absolute Gasteiger partial charge is 0.305 e. The summed E-state index contributed by atoms with van der Waals surface area (Å²) in [5.41, 5.74) is -0.361. The number of rotatable bonds is 8. The summed E-state index contributed by atoms with van der Waals surface area (Å²) in [7, 11) is 0. The highest BCUT2D eigenvalue weighted by atomic mass is 16.7. The van der Waals surface area contributed by atoms with Crippen molar-refractivity contribution in [1.29, 1.82) is 0 Å². The SMILES string of the molecule is CC(=O)OC[C@]12CCC[C@@]3([C@H]4[C@H](OC(C)=O)OC=C(C(=O)CCC(C)C)[C@@H]4C[C@@H]13)[C@H]2OC(C)=O. The normalized spacial score (nSPS) is 37.4. The number of ketones is 1. The zero-order valence-corrected chi connectivity index (χ0v) is 20.8. The summed E-state index contributed by atoms with van der Waals surface area (Å²) in [5, 5.41) is 0. The Kier molecular flexibility index (Phi) is 6.55. The number of hydrogen-bond acceptors (Lipinski definition) is 8. The molecular weight excluding hydrogens is 440 g/mol. The number of esters is 3. The minimum Gasteiger partial charge on any atom is -0.465 e. The molecule has 0 aromatic heterocycles. The van der Waals surface area contributed by atoms with E-state index < -0.39 is 35.2 Å². The standard InChI is InChI=1S/C26H36O8/c1-14(2)7-8-20(30)19-12-31-23(33-16(4)28)22-18(19)11-21-25(13-32-15(3)27)9-6-10-26(21,22)24(25)34-17(5)29/h12,14,18,21-24H,6-11,13H2,1-5H3/t18-,21-,22+,23-,24-,25+,26+/m0/s1. The van der Waals surface area contributed by atoms with E-state index in [1.54, 1.807) is 0 Å². The van der Waals surface area contributed by atoms with Crippen LogP contribution < -0.4 is 0 Å². The molecule has 8 heteroatoms. The fourth-order valence-electron chi connectivity index (χ4n) is 7.53. The molecule has 0 unspecified atom stereocenters. The Labute approximate surface area is 200 Å². The molecule has 4 rings (SSSR count). The number of carbonyl (C=O) groups excluding carboxylic acids is 4. The van der Waals surface area contributed by atoms with Gasteiger partial charge in [-0.15, -0.1) is 0 Å². The van der Waals surface area contributed by atoms with Gasteiger partial charge >= 0.3 is 17.9 Å². The van der Waals surface area contributed by atoms with Crippen LogP contribution >= 0.6 is 0 Å². The van der Waals surface area contributed by atoms with E-state index in [9.17, 15) is 19.2 Å². The average Bonchev–Trinajstić information content (AvgIpc) is 3.08. The van der Waals surface area contributed by atoms with E-state index in [1.165, 1.54) is 27.0 Å². The maximum Gasteiger partial charge on any atom is 0.305 e. The first-order chi connectivity index (χ1) is 16.0. The largest absolute Gasteiger partial charge is 0.465 e.